The van der Waals surface area contributed by atoms with Crippen molar-refractivity contribution in [1.82, 2.24) is 14.8 Å². The van der Waals surface area contributed by atoms with Crippen molar-refractivity contribution in [3.63, 3.8) is 0 Å². The summed E-state index contributed by atoms with van der Waals surface area (Å²) in [6.07, 6.45) is 1.39. The summed E-state index contributed by atoms with van der Waals surface area (Å²) in [5.74, 6) is -0.251. The topological polar surface area (TPSA) is 83.0 Å². The Kier molecular flexibility index (Phi) is 3.93. The third-order valence-corrected chi connectivity index (χ3v) is 2.69. The van der Waals surface area contributed by atoms with E-state index in [0.717, 1.165) is 10.0 Å². The number of nitrogens with two attached hydrogens (primary N) is 1. The second-order valence-corrected chi connectivity index (χ2v) is 4.50. The lowest BCUT2D eigenvalue weighted by Crippen LogP contribution is -2.14. The fraction of sp³-hybridized carbons (Fsp3) is 0.182. The molecule has 0 unspecified atom stereocenters. The molecule has 0 fully saturated rings. The van der Waals surface area contributed by atoms with Crippen LogP contribution in [0.3, 0.4) is 0 Å². The predicted octanol–water partition coefficient (Wildman–Crippen LogP) is 1.37. The molecule has 7 heteroatoms. The van der Waals surface area contributed by atoms with Gasteiger partial charge in [0.25, 0.3) is 0 Å². The van der Waals surface area contributed by atoms with Gasteiger partial charge in [-0.3, -0.25) is 4.79 Å². The van der Waals surface area contributed by atoms with Crippen LogP contribution in [-0.4, -0.2) is 20.7 Å². The van der Waals surface area contributed by atoms with Gasteiger partial charge in [0, 0.05) is 4.47 Å². The number of aromatic nitrogens is 3. The molecule has 0 amide bonds. The van der Waals surface area contributed by atoms with Gasteiger partial charge in [-0.1, -0.05) is 28.1 Å². The van der Waals surface area contributed by atoms with Gasteiger partial charge in [-0.25, -0.2) is 9.67 Å². The van der Waals surface area contributed by atoms with Gasteiger partial charge in [0.15, 0.2) is 0 Å². The molecule has 0 aliphatic carbocycles. The first kappa shape index (κ1) is 12.6. The summed E-state index contributed by atoms with van der Waals surface area (Å²) in [5.41, 5.74) is 6.25. The van der Waals surface area contributed by atoms with Crippen molar-refractivity contribution in [3.05, 3.63) is 40.6 Å². The smallest absolute Gasteiger partial charge is 0.328 e. The highest BCUT2D eigenvalue weighted by atomic mass is 79.9. The van der Waals surface area contributed by atoms with E-state index in [4.69, 9.17) is 10.5 Å². The molecular formula is C11H11BrN4O2. The number of rotatable bonds is 4. The van der Waals surface area contributed by atoms with E-state index < -0.39 is 0 Å². The predicted molar refractivity (Wildman–Crippen MR) is 68.4 cm³/mol. The highest BCUT2D eigenvalue weighted by Crippen LogP contribution is 2.11. The Hall–Kier alpha value is -1.89. The highest BCUT2D eigenvalue weighted by Gasteiger charge is 2.06. The van der Waals surface area contributed by atoms with Crippen molar-refractivity contribution >= 4 is 27.8 Å². The number of halogens is 1. The average molecular weight is 311 g/mol. The standard InChI is InChI=1S/C11H11BrN4O2/c12-9-3-1-8(2-4-9)6-18-10(17)5-16-7-14-11(13)15-16/h1-4,7H,5-6H2,(H2,13,15). The second kappa shape index (κ2) is 5.63. The molecule has 0 saturated heterocycles. The summed E-state index contributed by atoms with van der Waals surface area (Å²) in [6.45, 7) is 0.233. The van der Waals surface area contributed by atoms with E-state index in [9.17, 15) is 4.79 Å². The molecule has 0 radical (unpaired) electrons. The van der Waals surface area contributed by atoms with Crippen molar-refractivity contribution in [1.29, 1.82) is 0 Å². The van der Waals surface area contributed by atoms with Crippen molar-refractivity contribution in [2.24, 2.45) is 0 Å². The van der Waals surface area contributed by atoms with E-state index in [0.29, 0.717) is 0 Å². The summed E-state index contributed by atoms with van der Waals surface area (Å²) in [4.78, 5) is 15.2. The third kappa shape index (κ3) is 3.56. The quantitative estimate of drug-likeness (QED) is 0.862. The molecule has 1 aromatic carbocycles. The molecular weight excluding hydrogens is 300 g/mol. The van der Waals surface area contributed by atoms with Crippen LogP contribution in [0.4, 0.5) is 5.95 Å². The summed E-state index contributed by atoms with van der Waals surface area (Å²) in [5, 5.41) is 3.79. The maximum Gasteiger partial charge on any atom is 0.328 e. The van der Waals surface area contributed by atoms with Gasteiger partial charge in [0.2, 0.25) is 5.95 Å². The molecule has 1 heterocycles. The molecule has 0 atom stereocenters. The largest absolute Gasteiger partial charge is 0.459 e. The van der Waals surface area contributed by atoms with E-state index in [1.807, 2.05) is 24.3 Å². The number of carbonyl (C=O) groups excluding carboxylic acids is 1. The van der Waals surface area contributed by atoms with Crippen LogP contribution < -0.4 is 5.73 Å². The molecule has 0 aliphatic heterocycles. The number of benzene rings is 1. The lowest BCUT2D eigenvalue weighted by molar-refractivity contribution is -0.145. The van der Waals surface area contributed by atoms with Gasteiger partial charge in [-0.05, 0) is 17.7 Å². The van der Waals surface area contributed by atoms with Gasteiger partial charge in [-0.2, -0.15) is 0 Å². The molecule has 2 aromatic rings. The van der Waals surface area contributed by atoms with Gasteiger partial charge >= 0.3 is 5.97 Å². The molecule has 6 nitrogen and oxygen atoms in total. The Labute approximate surface area is 112 Å². The van der Waals surface area contributed by atoms with Gasteiger partial charge < -0.3 is 10.5 Å². The van der Waals surface area contributed by atoms with Gasteiger partial charge in [-0.15, -0.1) is 5.10 Å². The zero-order valence-electron chi connectivity index (χ0n) is 9.41. The summed E-state index contributed by atoms with van der Waals surface area (Å²) in [7, 11) is 0. The Bertz CT molecular complexity index is 538. The molecule has 2 rings (SSSR count). The molecule has 2 N–H and O–H groups in total. The van der Waals surface area contributed by atoms with Crippen LogP contribution >= 0.6 is 15.9 Å². The number of nitrogen functional groups attached to an aromatic ring is 1. The van der Waals surface area contributed by atoms with E-state index in [1.165, 1.54) is 11.0 Å². The van der Waals surface area contributed by atoms with Crippen LogP contribution in [0.25, 0.3) is 0 Å². The maximum absolute atomic E-state index is 11.5. The van der Waals surface area contributed by atoms with E-state index in [2.05, 4.69) is 26.0 Å². The summed E-state index contributed by atoms with van der Waals surface area (Å²) < 4.78 is 7.41. The van der Waals surface area contributed by atoms with E-state index >= 15 is 0 Å². The monoisotopic (exact) mass is 310 g/mol. The lowest BCUT2D eigenvalue weighted by atomic mass is 10.2. The minimum Gasteiger partial charge on any atom is -0.459 e. The average Bonchev–Trinajstić information content (AvgIpc) is 2.74. The minimum atomic E-state index is -0.386. The Morgan fingerprint density at radius 1 is 1.39 bits per heavy atom. The number of ether oxygens (including phenoxy) is 1. The van der Waals surface area contributed by atoms with Crippen LogP contribution in [0.5, 0.6) is 0 Å². The first-order chi connectivity index (χ1) is 8.63. The fourth-order valence-electron chi connectivity index (χ4n) is 1.31. The molecule has 0 spiro atoms. The van der Waals surface area contributed by atoms with Crippen molar-refractivity contribution in [2.45, 2.75) is 13.2 Å². The number of hydrogen-bond acceptors (Lipinski definition) is 5. The van der Waals surface area contributed by atoms with E-state index in [-0.39, 0.29) is 25.1 Å². The zero-order chi connectivity index (χ0) is 13.0. The van der Waals surface area contributed by atoms with Crippen LogP contribution in [0, 0.1) is 0 Å². The number of hydrogen-bond donors (Lipinski definition) is 1. The number of anilines is 1. The summed E-state index contributed by atoms with van der Waals surface area (Å²) >= 11 is 3.33. The number of esters is 1. The van der Waals surface area contributed by atoms with E-state index in [1.54, 1.807) is 0 Å². The number of nitrogens with zero attached hydrogens (tertiary/aromatic N) is 3. The van der Waals surface area contributed by atoms with Gasteiger partial charge in [0.1, 0.15) is 19.5 Å². The van der Waals surface area contributed by atoms with Crippen LogP contribution in [0.15, 0.2) is 35.1 Å². The molecule has 18 heavy (non-hydrogen) atoms. The second-order valence-electron chi connectivity index (χ2n) is 3.59. The maximum atomic E-state index is 11.5. The molecule has 0 saturated carbocycles. The Balaban J connectivity index is 1.83. The van der Waals surface area contributed by atoms with Crippen LogP contribution in [-0.2, 0) is 22.7 Å². The van der Waals surface area contributed by atoms with Crippen LogP contribution in [0.1, 0.15) is 5.56 Å². The third-order valence-electron chi connectivity index (χ3n) is 2.16. The Morgan fingerprint density at radius 3 is 2.72 bits per heavy atom. The van der Waals surface area contributed by atoms with Crippen molar-refractivity contribution in [3.8, 4) is 0 Å². The van der Waals surface area contributed by atoms with Crippen LogP contribution in [0.2, 0.25) is 0 Å². The first-order valence-electron chi connectivity index (χ1n) is 5.18. The van der Waals surface area contributed by atoms with Crippen molar-refractivity contribution in [2.75, 3.05) is 5.73 Å². The molecule has 0 aliphatic rings. The Morgan fingerprint density at radius 2 is 2.11 bits per heavy atom. The first-order valence-corrected chi connectivity index (χ1v) is 5.98. The molecule has 1 aromatic heterocycles. The molecule has 94 valence electrons. The normalized spacial score (nSPS) is 10.3. The van der Waals surface area contributed by atoms with Gasteiger partial charge in [0.05, 0.1) is 0 Å². The summed E-state index contributed by atoms with van der Waals surface area (Å²) in [6, 6.07) is 7.54. The SMILES string of the molecule is Nc1ncn(CC(=O)OCc2ccc(Br)cc2)n1. The van der Waals surface area contributed by atoms with Crippen molar-refractivity contribution < 1.29 is 9.53 Å². The fourth-order valence-corrected chi connectivity index (χ4v) is 1.57. The zero-order valence-corrected chi connectivity index (χ0v) is 11.0. The minimum absolute atomic E-state index is 0.000722. The number of carbonyl (C=O) groups is 1. The lowest BCUT2D eigenvalue weighted by Gasteiger charge is -2.04. The highest BCUT2D eigenvalue weighted by molar-refractivity contribution is 9.10. The molecule has 0 bridgehead atoms.